The molecule has 0 N–H and O–H groups in total. The Bertz CT molecular complexity index is 438. The molecular formula is C11H14ClN3O2S. The third kappa shape index (κ3) is 2.64. The summed E-state index contributed by atoms with van der Waals surface area (Å²) in [6, 6.07) is -0.0138. The molecule has 0 aliphatic carbocycles. The fourth-order valence-corrected chi connectivity index (χ4v) is 2.73. The highest BCUT2D eigenvalue weighted by molar-refractivity contribution is 7.07. The summed E-state index contributed by atoms with van der Waals surface area (Å²) in [5.74, 6) is -0.154. The minimum atomic E-state index is -0.0794. The first-order valence-corrected chi connectivity index (χ1v) is 7.14. The normalized spacial score (nSPS) is 20.0. The number of alkyl halides is 1. The minimum Gasteiger partial charge on any atom is -0.338 e. The van der Waals surface area contributed by atoms with Crippen molar-refractivity contribution < 1.29 is 9.59 Å². The Morgan fingerprint density at radius 3 is 2.89 bits per heavy atom. The van der Waals surface area contributed by atoms with Crippen molar-refractivity contribution in [3.05, 3.63) is 16.6 Å². The number of nitrogens with zero attached hydrogens (tertiary/aromatic N) is 3. The van der Waals surface area contributed by atoms with Crippen molar-refractivity contribution in [2.24, 2.45) is 0 Å². The summed E-state index contributed by atoms with van der Waals surface area (Å²) in [7, 11) is 0. The lowest BCUT2D eigenvalue weighted by Crippen LogP contribution is -2.55. The van der Waals surface area contributed by atoms with Crippen LogP contribution in [-0.4, -0.2) is 58.2 Å². The number of carbonyl (C=O) groups is 2. The van der Waals surface area contributed by atoms with Crippen molar-refractivity contribution in [2.75, 3.05) is 25.5 Å². The van der Waals surface area contributed by atoms with Gasteiger partial charge in [0.15, 0.2) is 0 Å². The van der Waals surface area contributed by atoms with Gasteiger partial charge in [-0.15, -0.1) is 22.9 Å². The van der Waals surface area contributed by atoms with E-state index in [2.05, 4.69) is 4.98 Å². The number of hydrogen-bond acceptors (Lipinski definition) is 4. The van der Waals surface area contributed by atoms with Crippen LogP contribution < -0.4 is 0 Å². The molecule has 1 atom stereocenters. The molecule has 98 valence electrons. The van der Waals surface area contributed by atoms with Crippen LogP contribution in [0.4, 0.5) is 0 Å². The molecule has 7 heteroatoms. The molecule has 5 nitrogen and oxygen atoms in total. The van der Waals surface area contributed by atoms with Gasteiger partial charge in [-0.1, -0.05) is 0 Å². The van der Waals surface area contributed by atoms with E-state index >= 15 is 0 Å². The van der Waals surface area contributed by atoms with Gasteiger partial charge in [0.1, 0.15) is 11.6 Å². The number of aromatic nitrogens is 1. The Balaban J connectivity index is 2.01. The van der Waals surface area contributed by atoms with Crippen molar-refractivity contribution in [3.63, 3.8) is 0 Å². The number of halogens is 1. The van der Waals surface area contributed by atoms with Crippen LogP contribution in [-0.2, 0) is 4.79 Å². The molecule has 1 fully saturated rings. The van der Waals surface area contributed by atoms with Gasteiger partial charge >= 0.3 is 0 Å². The highest BCUT2D eigenvalue weighted by Gasteiger charge is 2.30. The number of hydrogen-bond donors (Lipinski definition) is 0. The molecule has 1 saturated heterocycles. The first kappa shape index (κ1) is 13.3. The van der Waals surface area contributed by atoms with Crippen molar-refractivity contribution in [3.8, 4) is 0 Å². The number of piperazine rings is 1. The van der Waals surface area contributed by atoms with Gasteiger partial charge in [0.25, 0.3) is 5.91 Å². The Morgan fingerprint density at radius 1 is 1.56 bits per heavy atom. The zero-order valence-corrected chi connectivity index (χ0v) is 11.6. The largest absolute Gasteiger partial charge is 0.338 e. The van der Waals surface area contributed by atoms with E-state index < -0.39 is 0 Å². The highest BCUT2D eigenvalue weighted by Crippen LogP contribution is 2.14. The van der Waals surface area contributed by atoms with E-state index in [9.17, 15) is 9.59 Å². The smallest absolute Gasteiger partial charge is 0.273 e. The maximum absolute atomic E-state index is 12.2. The van der Waals surface area contributed by atoms with Crippen LogP contribution in [0.2, 0.25) is 0 Å². The number of amides is 2. The first-order chi connectivity index (χ1) is 8.63. The lowest BCUT2D eigenvalue weighted by molar-refractivity contribution is -0.130. The van der Waals surface area contributed by atoms with Gasteiger partial charge in [-0.05, 0) is 6.92 Å². The van der Waals surface area contributed by atoms with E-state index in [4.69, 9.17) is 11.6 Å². The molecule has 1 aromatic heterocycles. The molecule has 0 radical (unpaired) electrons. The van der Waals surface area contributed by atoms with Gasteiger partial charge in [0, 0.05) is 31.1 Å². The zero-order valence-electron chi connectivity index (χ0n) is 10.0. The SMILES string of the molecule is C[C@H]1CN(C(=O)CCl)CCN1C(=O)c1cscn1. The van der Waals surface area contributed by atoms with Gasteiger partial charge in [-0.2, -0.15) is 0 Å². The van der Waals surface area contributed by atoms with Crippen LogP contribution in [0.5, 0.6) is 0 Å². The van der Waals surface area contributed by atoms with Crippen molar-refractivity contribution in [2.45, 2.75) is 13.0 Å². The maximum atomic E-state index is 12.2. The molecule has 2 heterocycles. The van der Waals surface area contributed by atoms with E-state index in [-0.39, 0.29) is 23.7 Å². The Kier molecular flexibility index (Phi) is 4.19. The molecule has 0 unspecified atom stereocenters. The zero-order chi connectivity index (χ0) is 13.1. The van der Waals surface area contributed by atoms with Gasteiger partial charge in [-0.25, -0.2) is 4.98 Å². The molecule has 2 amide bonds. The molecule has 0 saturated carbocycles. The van der Waals surface area contributed by atoms with Gasteiger partial charge < -0.3 is 9.80 Å². The van der Waals surface area contributed by atoms with Crippen LogP contribution in [0.25, 0.3) is 0 Å². The van der Waals surface area contributed by atoms with Crippen LogP contribution in [0, 0.1) is 0 Å². The first-order valence-electron chi connectivity index (χ1n) is 5.66. The van der Waals surface area contributed by atoms with E-state index in [1.807, 2.05) is 6.92 Å². The predicted molar refractivity (Wildman–Crippen MR) is 69.9 cm³/mol. The summed E-state index contributed by atoms with van der Waals surface area (Å²) in [5.41, 5.74) is 2.12. The number of carbonyl (C=O) groups excluding carboxylic acids is 2. The van der Waals surface area contributed by atoms with Gasteiger partial charge in [-0.3, -0.25) is 9.59 Å². The molecule has 0 spiro atoms. The molecular weight excluding hydrogens is 274 g/mol. The fraction of sp³-hybridized carbons (Fsp3) is 0.545. The van der Waals surface area contributed by atoms with E-state index in [1.165, 1.54) is 11.3 Å². The lowest BCUT2D eigenvalue weighted by Gasteiger charge is -2.39. The summed E-state index contributed by atoms with van der Waals surface area (Å²) in [5, 5.41) is 1.74. The fourth-order valence-electron chi connectivity index (χ4n) is 2.04. The van der Waals surface area contributed by atoms with Gasteiger partial charge in [0.2, 0.25) is 5.91 Å². The maximum Gasteiger partial charge on any atom is 0.273 e. The van der Waals surface area contributed by atoms with Crippen LogP contribution in [0.1, 0.15) is 17.4 Å². The molecule has 1 aliphatic heterocycles. The summed E-state index contributed by atoms with van der Waals surface area (Å²) < 4.78 is 0. The summed E-state index contributed by atoms with van der Waals surface area (Å²) in [6.07, 6.45) is 0. The summed E-state index contributed by atoms with van der Waals surface area (Å²) in [6.45, 7) is 3.52. The summed E-state index contributed by atoms with van der Waals surface area (Å²) >= 11 is 6.93. The van der Waals surface area contributed by atoms with E-state index in [0.717, 1.165) is 0 Å². The van der Waals surface area contributed by atoms with Crippen molar-refractivity contribution in [1.82, 2.24) is 14.8 Å². The van der Waals surface area contributed by atoms with Crippen LogP contribution in [0.3, 0.4) is 0 Å². The Hall–Kier alpha value is -1.14. The molecule has 2 rings (SSSR count). The molecule has 0 aromatic carbocycles. The van der Waals surface area contributed by atoms with Crippen molar-refractivity contribution >= 4 is 34.8 Å². The lowest BCUT2D eigenvalue weighted by atomic mass is 10.1. The Labute approximate surface area is 114 Å². The second-order valence-electron chi connectivity index (χ2n) is 4.19. The second kappa shape index (κ2) is 5.67. The third-order valence-electron chi connectivity index (χ3n) is 3.01. The van der Waals surface area contributed by atoms with E-state index in [1.54, 1.807) is 20.7 Å². The average molecular weight is 288 g/mol. The number of thiazole rings is 1. The molecule has 0 bridgehead atoms. The topological polar surface area (TPSA) is 53.5 Å². The van der Waals surface area contributed by atoms with E-state index in [0.29, 0.717) is 25.3 Å². The minimum absolute atomic E-state index is 0.00719. The van der Waals surface area contributed by atoms with Crippen LogP contribution in [0.15, 0.2) is 10.9 Å². The second-order valence-corrected chi connectivity index (χ2v) is 5.18. The molecule has 1 aromatic rings. The Morgan fingerprint density at radius 2 is 2.33 bits per heavy atom. The van der Waals surface area contributed by atoms with Gasteiger partial charge in [0.05, 0.1) is 5.51 Å². The molecule has 18 heavy (non-hydrogen) atoms. The van der Waals surface area contributed by atoms with Crippen LogP contribution >= 0.6 is 22.9 Å². The average Bonchev–Trinajstić information content (AvgIpc) is 2.90. The quantitative estimate of drug-likeness (QED) is 0.764. The number of rotatable bonds is 2. The standard InChI is InChI=1S/C11H14ClN3O2S/c1-8-5-14(10(16)4-12)2-3-15(8)11(17)9-6-18-7-13-9/h6-8H,2-5H2,1H3/t8-/m0/s1. The predicted octanol–water partition coefficient (Wildman–Crippen LogP) is 1.05. The van der Waals surface area contributed by atoms with Crippen molar-refractivity contribution in [1.29, 1.82) is 0 Å². The monoisotopic (exact) mass is 287 g/mol. The molecule has 1 aliphatic rings. The summed E-state index contributed by atoms with van der Waals surface area (Å²) in [4.78, 5) is 31.1. The third-order valence-corrected chi connectivity index (χ3v) is 3.82. The highest BCUT2D eigenvalue weighted by atomic mass is 35.5.